The SMILES string of the molecule is O=C1c2c(O[C@H]3CCCC[C@@H]3O)ccc(F)c2CN1Cc1ccc(-n2cccn2)cc1. The number of amides is 1. The summed E-state index contributed by atoms with van der Waals surface area (Å²) in [4.78, 5) is 14.8. The quantitative estimate of drug-likeness (QED) is 0.680. The first-order chi connectivity index (χ1) is 15.1. The Morgan fingerprint density at radius 2 is 1.94 bits per heavy atom. The maximum atomic E-state index is 14.5. The predicted molar refractivity (Wildman–Crippen MR) is 112 cm³/mol. The Hall–Kier alpha value is -3.19. The molecule has 0 radical (unpaired) electrons. The maximum absolute atomic E-state index is 14.5. The molecule has 1 N–H and O–H groups in total. The summed E-state index contributed by atoms with van der Waals surface area (Å²) in [6.07, 6.45) is 6.01. The van der Waals surface area contributed by atoms with E-state index in [1.165, 1.54) is 12.1 Å². The minimum atomic E-state index is -0.560. The average Bonchev–Trinajstić information content (AvgIpc) is 3.42. The van der Waals surface area contributed by atoms with Gasteiger partial charge < -0.3 is 14.7 Å². The average molecular weight is 421 g/mol. The lowest BCUT2D eigenvalue weighted by Crippen LogP contribution is -2.35. The fourth-order valence-corrected chi connectivity index (χ4v) is 4.41. The third-order valence-corrected chi connectivity index (χ3v) is 6.09. The van der Waals surface area contributed by atoms with Gasteiger partial charge in [-0.25, -0.2) is 9.07 Å². The monoisotopic (exact) mass is 421 g/mol. The van der Waals surface area contributed by atoms with Crippen molar-refractivity contribution in [1.29, 1.82) is 0 Å². The molecule has 1 saturated carbocycles. The van der Waals surface area contributed by atoms with Crippen molar-refractivity contribution in [1.82, 2.24) is 14.7 Å². The van der Waals surface area contributed by atoms with E-state index in [1.54, 1.807) is 15.8 Å². The maximum Gasteiger partial charge on any atom is 0.258 e. The summed E-state index contributed by atoms with van der Waals surface area (Å²) in [7, 11) is 0. The fourth-order valence-electron chi connectivity index (χ4n) is 4.41. The molecule has 1 aliphatic carbocycles. The van der Waals surface area contributed by atoms with Gasteiger partial charge in [0.1, 0.15) is 17.7 Å². The van der Waals surface area contributed by atoms with Gasteiger partial charge in [-0.3, -0.25) is 4.79 Å². The van der Waals surface area contributed by atoms with Crippen LogP contribution >= 0.6 is 0 Å². The van der Waals surface area contributed by atoms with E-state index >= 15 is 0 Å². The van der Waals surface area contributed by atoms with Crippen LogP contribution in [-0.4, -0.2) is 37.9 Å². The first-order valence-electron chi connectivity index (χ1n) is 10.6. The van der Waals surface area contributed by atoms with Gasteiger partial charge in [-0.2, -0.15) is 5.10 Å². The van der Waals surface area contributed by atoms with Crippen LogP contribution in [0.4, 0.5) is 4.39 Å². The van der Waals surface area contributed by atoms with Crippen molar-refractivity contribution in [3.63, 3.8) is 0 Å². The molecule has 1 aliphatic heterocycles. The molecule has 3 aromatic rings. The minimum absolute atomic E-state index is 0.200. The molecule has 6 nitrogen and oxygen atoms in total. The second-order valence-electron chi connectivity index (χ2n) is 8.19. The summed E-state index contributed by atoms with van der Waals surface area (Å²) in [5.74, 6) is -0.286. The summed E-state index contributed by atoms with van der Waals surface area (Å²) in [6, 6.07) is 12.5. The van der Waals surface area contributed by atoms with E-state index in [9.17, 15) is 14.3 Å². The summed E-state index contributed by atoms with van der Waals surface area (Å²) in [5, 5.41) is 14.4. The molecule has 160 valence electrons. The third kappa shape index (κ3) is 3.81. The van der Waals surface area contributed by atoms with Gasteiger partial charge in [0, 0.05) is 24.5 Å². The molecule has 1 amide bonds. The standard InChI is InChI=1S/C24H24FN3O3/c25-19-10-11-22(31-21-5-2-1-4-20(21)29)23-18(19)15-27(24(23)30)14-16-6-8-17(9-7-16)28-13-3-12-26-28/h3,6-13,20-21,29H,1-2,4-5,14-15H2/t20-,21-/m0/s1. The molecule has 2 atom stereocenters. The summed E-state index contributed by atoms with van der Waals surface area (Å²) in [5.41, 5.74) is 2.52. The zero-order valence-electron chi connectivity index (χ0n) is 17.1. The molecule has 2 aromatic carbocycles. The molecule has 1 aromatic heterocycles. The van der Waals surface area contributed by atoms with E-state index in [0.717, 1.165) is 30.5 Å². The number of carbonyl (C=O) groups excluding carboxylic acids is 1. The van der Waals surface area contributed by atoms with Crippen LogP contribution in [-0.2, 0) is 13.1 Å². The number of fused-ring (bicyclic) bond motifs is 1. The van der Waals surface area contributed by atoms with Crippen LogP contribution in [0.3, 0.4) is 0 Å². The van der Waals surface area contributed by atoms with Crippen molar-refractivity contribution in [3.05, 3.63) is 77.4 Å². The number of hydrogen-bond donors (Lipinski definition) is 1. The highest BCUT2D eigenvalue weighted by Gasteiger charge is 2.35. The molecule has 0 bridgehead atoms. The smallest absolute Gasteiger partial charge is 0.258 e. The number of carbonyl (C=O) groups is 1. The van der Waals surface area contributed by atoms with Crippen LogP contribution in [0, 0.1) is 5.82 Å². The van der Waals surface area contributed by atoms with Crippen molar-refractivity contribution >= 4 is 5.91 Å². The number of halogens is 1. The van der Waals surface area contributed by atoms with E-state index in [2.05, 4.69) is 5.10 Å². The van der Waals surface area contributed by atoms with Crippen molar-refractivity contribution < 1.29 is 19.0 Å². The van der Waals surface area contributed by atoms with Gasteiger partial charge in [0.05, 0.1) is 23.9 Å². The zero-order chi connectivity index (χ0) is 21.4. The van der Waals surface area contributed by atoms with Crippen LogP contribution in [0.25, 0.3) is 5.69 Å². The molecule has 2 heterocycles. The molecule has 0 unspecified atom stereocenters. The van der Waals surface area contributed by atoms with Gasteiger partial charge in [0.2, 0.25) is 0 Å². The highest BCUT2D eigenvalue weighted by atomic mass is 19.1. The van der Waals surface area contributed by atoms with Crippen molar-refractivity contribution in [3.8, 4) is 11.4 Å². The van der Waals surface area contributed by atoms with E-state index in [0.29, 0.717) is 24.3 Å². The van der Waals surface area contributed by atoms with Crippen molar-refractivity contribution in [2.75, 3.05) is 0 Å². The van der Waals surface area contributed by atoms with Crippen LogP contribution in [0.2, 0.25) is 0 Å². The van der Waals surface area contributed by atoms with Crippen molar-refractivity contribution in [2.24, 2.45) is 0 Å². The number of rotatable bonds is 5. The van der Waals surface area contributed by atoms with E-state index < -0.39 is 11.9 Å². The van der Waals surface area contributed by atoms with Crippen molar-refractivity contribution in [2.45, 2.75) is 51.0 Å². The predicted octanol–water partition coefficient (Wildman–Crippen LogP) is 3.85. The van der Waals surface area contributed by atoms with Crippen LogP contribution < -0.4 is 4.74 Å². The fraction of sp³-hybridized carbons (Fsp3) is 0.333. The normalized spacial score (nSPS) is 20.7. The second kappa shape index (κ2) is 8.15. The number of aliphatic hydroxyl groups excluding tert-OH is 1. The first kappa shape index (κ1) is 19.8. The van der Waals surface area contributed by atoms with Gasteiger partial charge >= 0.3 is 0 Å². The zero-order valence-corrected chi connectivity index (χ0v) is 17.1. The van der Waals surface area contributed by atoms with Crippen LogP contribution in [0.1, 0.15) is 47.2 Å². The largest absolute Gasteiger partial charge is 0.487 e. The lowest BCUT2D eigenvalue weighted by Gasteiger charge is -2.28. The van der Waals surface area contributed by atoms with Gasteiger partial charge in [0.15, 0.2) is 0 Å². The molecule has 7 heteroatoms. The lowest BCUT2D eigenvalue weighted by atomic mass is 9.94. The van der Waals surface area contributed by atoms with E-state index in [1.807, 2.05) is 36.5 Å². The number of benzene rings is 2. The summed E-state index contributed by atoms with van der Waals surface area (Å²) < 4.78 is 22.3. The van der Waals surface area contributed by atoms with Gasteiger partial charge in [-0.15, -0.1) is 0 Å². The molecular weight excluding hydrogens is 397 g/mol. The Morgan fingerprint density at radius 1 is 1.13 bits per heavy atom. The van der Waals surface area contributed by atoms with Gasteiger partial charge in [-0.1, -0.05) is 18.6 Å². The number of aromatic nitrogens is 2. The highest BCUT2D eigenvalue weighted by Crippen LogP contribution is 2.35. The molecular formula is C24H24FN3O3. The third-order valence-electron chi connectivity index (χ3n) is 6.09. The lowest BCUT2D eigenvalue weighted by molar-refractivity contribution is 0.00633. The number of aliphatic hydroxyl groups is 1. The summed E-state index contributed by atoms with van der Waals surface area (Å²) >= 11 is 0. The Kier molecular flexibility index (Phi) is 5.19. The first-order valence-corrected chi connectivity index (χ1v) is 10.6. The minimum Gasteiger partial charge on any atom is -0.487 e. The topological polar surface area (TPSA) is 67.6 Å². The molecule has 0 spiro atoms. The van der Waals surface area contributed by atoms with Gasteiger partial charge in [-0.05, 0) is 55.2 Å². The number of hydrogen-bond acceptors (Lipinski definition) is 4. The molecule has 31 heavy (non-hydrogen) atoms. The Balaban J connectivity index is 1.35. The Labute approximate surface area is 179 Å². The van der Waals surface area contributed by atoms with E-state index in [-0.39, 0.29) is 24.1 Å². The Bertz CT molecular complexity index is 1080. The van der Waals surface area contributed by atoms with Crippen LogP contribution in [0.5, 0.6) is 5.75 Å². The van der Waals surface area contributed by atoms with Crippen LogP contribution in [0.15, 0.2) is 54.9 Å². The molecule has 2 aliphatic rings. The molecule has 5 rings (SSSR count). The Morgan fingerprint density at radius 3 is 2.68 bits per heavy atom. The summed E-state index contributed by atoms with van der Waals surface area (Å²) in [6.45, 7) is 0.573. The number of nitrogens with zero attached hydrogens (tertiary/aromatic N) is 3. The van der Waals surface area contributed by atoms with Gasteiger partial charge in [0.25, 0.3) is 5.91 Å². The molecule has 0 saturated heterocycles. The number of ether oxygens (including phenoxy) is 1. The molecule has 1 fully saturated rings. The highest BCUT2D eigenvalue weighted by molar-refractivity contribution is 6.01. The van der Waals surface area contributed by atoms with E-state index in [4.69, 9.17) is 4.74 Å². The second-order valence-corrected chi connectivity index (χ2v) is 8.19.